The lowest BCUT2D eigenvalue weighted by Crippen LogP contribution is -2.46. The molecule has 0 radical (unpaired) electrons. The molecule has 3 rings (SSSR count). The van der Waals surface area contributed by atoms with Crippen molar-refractivity contribution in [2.24, 2.45) is 5.92 Å². The van der Waals surface area contributed by atoms with Gasteiger partial charge in [0, 0.05) is 18.2 Å². The zero-order valence-corrected chi connectivity index (χ0v) is 19.6. The van der Waals surface area contributed by atoms with Crippen LogP contribution in [0.4, 0.5) is 4.39 Å². The number of esters is 1. The lowest BCUT2D eigenvalue weighted by atomic mass is 9.88. The van der Waals surface area contributed by atoms with Gasteiger partial charge in [0.2, 0.25) is 0 Å². The van der Waals surface area contributed by atoms with E-state index in [0.29, 0.717) is 18.0 Å². The second-order valence-corrected chi connectivity index (χ2v) is 9.25. The molecule has 0 unspecified atom stereocenters. The van der Waals surface area contributed by atoms with Crippen LogP contribution >= 0.6 is 0 Å². The van der Waals surface area contributed by atoms with Gasteiger partial charge in [0.15, 0.2) is 11.6 Å². The maximum Gasteiger partial charge on any atom is 0.330 e. The molecular formula is C27H34FNO4. The van der Waals surface area contributed by atoms with Gasteiger partial charge in [-0.25, -0.2) is 9.18 Å². The summed E-state index contributed by atoms with van der Waals surface area (Å²) in [6.45, 7) is 6.60. The van der Waals surface area contributed by atoms with Crippen molar-refractivity contribution in [3.8, 4) is 5.75 Å². The number of halogens is 1. The number of β-amino-alcohol motifs (C(OH)–C–C–N with tert-alkyl or cyclic N) is 1. The first-order valence-electron chi connectivity index (χ1n) is 11.5. The van der Waals surface area contributed by atoms with Crippen LogP contribution < -0.4 is 10.1 Å². The van der Waals surface area contributed by atoms with Gasteiger partial charge in [0.1, 0.15) is 12.7 Å². The molecule has 0 saturated carbocycles. The summed E-state index contributed by atoms with van der Waals surface area (Å²) in [5, 5.41) is 13.8. The van der Waals surface area contributed by atoms with E-state index in [1.807, 2.05) is 0 Å². The van der Waals surface area contributed by atoms with E-state index in [9.17, 15) is 14.3 Å². The number of hydrogen-bond donors (Lipinski definition) is 2. The largest absolute Gasteiger partial charge is 0.488 e. The Labute approximate surface area is 195 Å². The van der Waals surface area contributed by atoms with Crippen LogP contribution in [0, 0.1) is 11.7 Å². The van der Waals surface area contributed by atoms with Crippen LogP contribution in [-0.4, -0.2) is 42.5 Å². The highest BCUT2D eigenvalue weighted by Crippen LogP contribution is 2.31. The van der Waals surface area contributed by atoms with Crippen LogP contribution in [0.3, 0.4) is 0 Å². The topological polar surface area (TPSA) is 67.8 Å². The van der Waals surface area contributed by atoms with Crippen molar-refractivity contribution in [3.05, 3.63) is 71.0 Å². The number of ether oxygens (including phenoxy) is 2. The van der Waals surface area contributed by atoms with Gasteiger partial charge in [0.05, 0.1) is 6.61 Å². The summed E-state index contributed by atoms with van der Waals surface area (Å²) in [4.78, 5) is 11.4. The van der Waals surface area contributed by atoms with Gasteiger partial charge in [0.25, 0.3) is 0 Å². The van der Waals surface area contributed by atoms with Crippen molar-refractivity contribution in [1.29, 1.82) is 0 Å². The predicted molar refractivity (Wildman–Crippen MR) is 128 cm³/mol. The number of benzene rings is 2. The standard InChI is InChI=1S/C27H34FNO4/c1-4-32-26(31)12-10-19-9-11-24(28)25(15-19)33-18-23(30)17-29-27(2,3)16-20-13-21-7-5-6-8-22(21)14-20/h5-12,15,20,23,29-30H,4,13-14,16-18H2,1-3H3/b12-10+/t23-/m0/s1. The second kappa shape index (κ2) is 11.4. The van der Waals surface area contributed by atoms with Crippen LogP contribution in [0.2, 0.25) is 0 Å². The number of carbonyl (C=O) groups excluding carboxylic acids is 1. The van der Waals surface area contributed by atoms with Gasteiger partial charge < -0.3 is 19.9 Å². The smallest absolute Gasteiger partial charge is 0.330 e. The molecule has 0 spiro atoms. The van der Waals surface area contributed by atoms with Gasteiger partial charge in [-0.3, -0.25) is 0 Å². The van der Waals surface area contributed by atoms with Gasteiger partial charge in [-0.05, 0) is 80.9 Å². The molecule has 1 atom stereocenters. The van der Waals surface area contributed by atoms with Gasteiger partial charge >= 0.3 is 5.97 Å². The number of aliphatic hydroxyl groups excluding tert-OH is 1. The van der Waals surface area contributed by atoms with Crippen molar-refractivity contribution in [2.75, 3.05) is 19.8 Å². The fraction of sp³-hybridized carbons (Fsp3) is 0.444. The van der Waals surface area contributed by atoms with Crippen LogP contribution in [0.1, 0.15) is 43.9 Å². The summed E-state index contributed by atoms with van der Waals surface area (Å²) >= 11 is 0. The first-order chi connectivity index (χ1) is 15.8. The zero-order chi connectivity index (χ0) is 23.8. The number of carbonyl (C=O) groups is 1. The average Bonchev–Trinajstić information content (AvgIpc) is 3.18. The molecule has 1 aliphatic carbocycles. The average molecular weight is 456 g/mol. The van der Waals surface area contributed by atoms with E-state index >= 15 is 0 Å². The molecule has 2 aromatic carbocycles. The Morgan fingerprint density at radius 1 is 1.24 bits per heavy atom. The van der Waals surface area contributed by atoms with Gasteiger partial charge in [-0.15, -0.1) is 0 Å². The molecule has 33 heavy (non-hydrogen) atoms. The molecule has 0 bridgehead atoms. The van der Waals surface area contributed by atoms with Crippen molar-refractivity contribution < 1.29 is 23.8 Å². The van der Waals surface area contributed by atoms with Crippen LogP contribution in [0.25, 0.3) is 6.08 Å². The SMILES string of the molecule is CCOC(=O)/C=C/c1ccc(F)c(OC[C@@H](O)CNC(C)(C)CC2Cc3ccccc3C2)c1. The molecule has 5 nitrogen and oxygen atoms in total. The van der Waals surface area contributed by atoms with E-state index in [0.717, 1.165) is 19.3 Å². The Bertz CT molecular complexity index is 947. The normalized spacial score (nSPS) is 14.9. The molecule has 0 amide bonds. The lowest BCUT2D eigenvalue weighted by molar-refractivity contribution is -0.137. The second-order valence-electron chi connectivity index (χ2n) is 9.25. The number of aliphatic hydroxyl groups is 1. The number of nitrogens with one attached hydrogen (secondary N) is 1. The number of rotatable bonds is 11. The highest BCUT2D eigenvalue weighted by atomic mass is 19.1. The first kappa shape index (κ1) is 24.9. The molecule has 2 N–H and O–H groups in total. The van der Waals surface area contributed by atoms with E-state index in [4.69, 9.17) is 9.47 Å². The summed E-state index contributed by atoms with van der Waals surface area (Å²) in [5.41, 5.74) is 3.34. The Morgan fingerprint density at radius 2 is 1.94 bits per heavy atom. The Hall–Kier alpha value is -2.70. The minimum atomic E-state index is -0.789. The van der Waals surface area contributed by atoms with E-state index in [2.05, 4.69) is 43.4 Å². The quantitative estimate of drug-likeness (QED) is 0.390. The van der Waals surface area contributed by atoms with Crippen molar-refractivity contribution in [3.63, 3.8) is 0 Å². The highest BCUT2D eigenvalue weighted by molar-refractivity contribution is 5.87. The number of hydrogen-bond acceptors (Lipinski definition) is 5. The molecule has 6 heteroatoms. The van der Waals surface area contributed by atoms with E-state index < -0.39 is 17.9 Å². The molecule has 2 aromatic rings. The molecule has 0 heterocycles. The third-order valence-corrected chi connectivity index (χ3v) is 5.84. The minimum Gasteiger partial charge on any atom is -0.488 e. The van der Waals surface area contributed by atoms with Gasteiger partial charge in [-0.2, -0.15) is 0 Å². The van der Waals surface area contributed by atoms with Crippen LogP contribution in [0.15, 0.2) is 48.5 Å². The van der Waals surface area contributed by atoms with Crippen LogP contribution in [0.5, 0.6) is 5.75 Å². The fourth-order valence-electron chi connectivity index (χ4n) is 4.32. The Morgan fingerprint density at radius 3 is 2.61 bits per heavy atom. The summed E-state index contributed by atoms with van der Waals surface area (Å²) in [5.74, 6) is -0.375. The van der Waals surface area contributed by atoms with Crippen molar-refractivity contribution in [1.82, 2.24) is 5.32 Å². The number of fused-ring (bicyclic) bond motifs is 1. The molecule has 0 fully saturated rings. The summed E-state index contributed by atoms with van der Waals surface area (Å²) < 4.78 is 24.5. The molecule has 0 saturated heterocycles. The molecule has 0 aromatic heterocycles. The van der Waals surface area contributed by atoms with E-state index in [-0.39, 0.29) is 24.5 Å². The fourth-order valence-corrected chi connectivity index (χ4v) is 4.32. The Balaban J connectivity index is 1.45. The Kier molecular flexibility index (Phi) is 8.64. The lowest BCUT2D eigenvalue weighted by Gasteiger charge is -2.30. The molecule has 0 aliphatic heterocycles. The summed E-state index contributed by atoms with van der Waals surface area (Å²) in [6, 6.07) is 12.9. The third-order valence-electron chi connectivity index (χ3n) is 5.84. The van der Waals surface area contributed by atoms with E-state index in [1.165, 1.54) is 35.4 Å². The third kappa shape index (κ3) is 7.69. The van der Waals surface area contributed by atoms with Crippen LogP contribution in [-0.2, 0) is 22.4 Å². The molecular weight excluding hydrogens is 421 g/mol. The van der Waals surface area contributed by atoms with Crippen molar-refractivity contribution in [2.45, 2.75) is 51.7 Å². The molecule has 1 aliphatic rings. The first-order valence-corrected chi connectivity index (χ1v) is 11.5. The summed E-state index contributed by atoms with van der Waals surface area (Å²) in [6.07, 6.45) is 5.21. The molecule has 178 valence electrons. The summed E-state index contributed by atoms with van der Waals surface area (Å²) in [7, 11) is 0. The zero-order valence-electron chi connectivity index (χ0n) is 19.6. The maximum atomic E-state index is 14.1. The van der Waals surface area contributed by atoms with E-state index in [1.54, 1.807) is 13.0 Å². The minimum absolute atomic E-state index is 0.0306. The highest BCUT2D eigenvalue weighted by Gasteiger charge is 2.28. The predicted octanol–water partition coefficient (Wildman–Crippen LogP) is 4.32. The van der Waals surface area contributed by atoms with Crippen molar-refractivity contribution >= 4 is 12.0 Å². The monoisotopic (exact) mass is 455 g/mol. The van der Waals surface area contributed by atoms with Gasteiger partial charge in [-0.1, -0.05) is 30.3 Å². The maximum absolute atomic E-state index is 14.1.